The highest BCUT2D eigenvalue weighted by Gasteiger charge is 2.25. The summed E-state index contributed by atoms with van der Waals surface area (Å²) in [6.07, 6.45) is 8.62. The van der Waals surface area contributed by atoms with Crippen molar-refractivity contribution in [1.29, 1.82) is 0 Å². The van der Waals surface area contributed by atoms with Gasteiger partial charge in [-0.3, -0.25) is 0 Å². The summed E-state index contributed by atoms with van der Waals surface area (Å²) in [5.41, 5.74) is 9.38. The largest absolute Gasteiger partial charge is 0.456 e. The van der Waals surface area contributed by atoms with Crippen LogP contribution in [-0.2, 0) is 0 Å². The number of hydrogen-bond donors (Lipinski definition) is 1. The molecule has 0 bridgehead atoms. The Kier molecular flexibility index (Phi) is 6.98. The third-order valence-corrected chi connectivity index (χ3v) is 10.1. The SMILES string of the molecule is C1=CC(c2ccc(C3N=C(c4cc(-c5cccc6ccccc56)cc5oc6ccccc6c45)N=C(c4ccc5ccccc5c4)N3)cc2)=CCC1. The van der Waals surface area contributed by atoms with E-state index in [2.05, 4.69) is 157 Å². The topological polar surface area (TPSA) is 49.9 Å². The highest BCUT2D eigenvalue weighted by Crippen LogP contribution is 2.39. The van der Waals surface area contributed by atoms with Crippen molar-refractivity contribution in [2.24, 2.45) is 9.98 Å². The molecule has 0 amide bonds. The van der Waals surface area contributed by atoms with Gasteiger partial charge in [-0.1, -0.05) is 140 Å². The number of aliphatic imine (C=N–C) groups is 2. The summed E-state index contributed by atoms with van der Waals surface area (Å²) in [5.74, 6) is 1.46. The molecule has 1 aromatic heterocycles. The van der Waals surface area contributed by atoms with Crippen LogP contribution < -0.4 is 5.32 Å². The Morgan fingerprint density at radius 2 is 1.33 bits per heavy atom. The molecule has 1 unspecified atom stereocenters. The zero-order valence-corrected chi connectivity index (χ0v) is 27.9. The van der Waals surface area contributed by atoms with Crippen LogP contribution in [0.5, 0.6) is 0 Å². The Hall–Kier alpha value is -6.52. The van der Waals surface area contributed by atoms with Gasteiger partial charge in [-0.25, -0.2) is 9.98 Å². The molecule has 0 fully saturated rings. The number of para-hydroxylation sites is 1. The lowest BCUT2D eigenvalue weighted by molar-refractivity contribution is 0.668. The molecular formula is C47H33N3O. The molecule has 0 saturated carbocycles. The van der Waals surface area contributed by atoms with E-state index >= 15 is 0 Å². The van der Waals surface area contributed by atoms with Gasteiger partial charge in [0.1, 0.15) is 23.2 Å². The fraction of sp³-hybridized carbons (Fsp3) is 0.0638. The van der Waals surface area contributed by atoms with Gasteiger partial charge in [-0.2, -0.15) is 0 Å². The maximum atomic E-state index is 6.57. The maximum absolute atomic E-state index is 6.57. The summed E-state index contributed by atoms with van der Waals surface area (Å²) in [4.78, 5) is 10.7. The molecule has 10 rings (SSSR count). The molecule has 8 aromatic rings. The van der Waals surface area contributed by atoms with Gasteiger partial charge in [0.25, 0.3) is 0 Å². The third-order valence-electron chi connectivity index (χ3n) is 10.1. The number of nitrogens with zero attached hydrogens (tertiary/aromatic N) is 2. The number of benzene rings is 7. The molecule has 7 aromatic carbocycles. The molecular weight excluding hydrogens is 623 g/mol. The molecule has 1 N–H and O–H groups in total. The second-order valence-corrected chi connectivity index (χ2v) is 13.3. The van der Waals surface area contributed by atoms with Crippen molar-refractivity contribution in [3.8, 4) is 11.1 Å². The van der Waals surface area contributed by atoms with Gasteiger partial charge in [-0.05, 0) is 86.5 Å². The van der Waals surface area contributed by atoms with E-state index in [9.17, 15) is 0 Å². The molecule has 1 aliphatic heterocycles. The second kappa shape index (κ2) is 12.1. The Balaban J connectivity index is 1.19. The molecule has 1 atom stereocenters. The van der Waals surface area contributed by atoms with Crippen molar-refractivity contribution in [3.05, 3.63) is 186 Å². The van der Waals surface area contributed by atoms with Gasteiger partial charge in [0.05, 0.1) is 0 Å². The summed E-state index contributed by atoms with van der Waals surface area (Å²) in [6.45, 7) is 0. The number of nitrogens with one attached hydrogen (secondary N) is 1. The lowest BCUT2D eigenvalue weighted by Gasteiger charge is -2.24. The van der Waals surface area contributed by atoms with Crippen molar-refractivity contribution in [1.82, 2.24) is 5.32 Å². The predicted octanol–water partition coefficient (Wildman–Crippen LogP) is 11.8. The first-order chi connectivity index (χ1) is 25.2. The van der Waals surface area contributed by atoms with Crippen molar-refractivity contribution < 1.29 is 4.42 Å². The van der Waals surface area contributed by atoms with Crippen molar-refractivity contribution in [2.75, 3.05) is 0 Å². The number of amidine groups is 2. The van der Waals surface area contributed by atoms with Gasteiger partial charge < -0.3 is 9.73 Å². The van der Waals surface area contributed by atoms with Crippen LogP contribution in [0.1, 0.15) is 41.3 Å². The zero-order valence-electron chi connectivity index (χ0n) is 27.9. The summed E-state index contributed by atoms with van der Waals surface area (Å²) in [6, 6.07) is 51.4. The molecule has 2 heterocycles. The predicted molar refractivity (Wildman–Crippen MR) is 212 cm³/mol. The monoisotopic (exact) mass is 655 g/mol. The van der Waals surface area contributed by atoms with E-state index in [4.69, 9.17) is 14.4 Å². The van der Waals surface area contributed by atoms with Crippen LogP contribution in [0.25, 0.3) is 60.2 Å². The molecule has 0 radical (unpaired) electrons. The fourth-order valence-electron chi connectivity index (χ4n) is 7.57. The van der Waals surface area contributed by atoms with Crippen LogP contribution in [0.15, 0.2) is 178 Å². The van der Waals surface area contributed by atoms with Gasteiger partial charge in [-0.15, -0.1) is 0 Å². The van der Waals surface area contributed by atoms with Crippen LogP contribution >= 0.6 is 0 Å². The minimum atomic E-state index is -0.349. The quantitative estimate of drug-likeness (QED) is 0.201. The van der Waals surface area contributed by atoms with E-state index in [1.54, 1.807) is 0 Å². The molecule has 0 spiro atoms. The van der Waals surface area contributed by atoms with E-state index in [1.165, 1.54) is 32.7 Å². The van der Waals surface area contributed by atoms with Crippen LogP contribution in [0.4, 0.5) is 0 Å². The van der Waals surface area contributed by atoms with Crippen molar-refractivity contribution >= 4 is 60.7 Å². The van der Waals surface area contributed by atoms with E-state index in [0.717, 1.165) is 68.4 Å². The van der Waals surface area contributed by atoms with Crippen molar-refractivity contribution in [3.63, 3.8) is 0 Å². The van der Waals surface area contributed by atoms with Crippen LogP contribution in [0.3, 0.4) is 0 Å². The third kappa shape index (κ3) is 5.24. The number of furan rings is 1. The Morgan fingerprint density at radius 3 is 2.20 bits per heavy atom. The minimum absolute atomic E-state index is 0.349. The Labute approximate surface area is 295 Å². The highest BCUT2D eigenvalue weighted by molar-refractivity contribution is 6.23. The Morgan fingerprint density at radius 1 is 0.569 bits per heavy atom. The van der Waals surface area contributed by atoms with Gasteiger partial charge in [0.15, 0.2) is 5.84 Å². The first-order valence-corrected chi connectivity index (χ1v) is 17.6. The van der Waals surface area contributed by atoms with Crippen LogP contribution in [0.2, 0.25) is 0 Å². The number of fused-ring (bicyclic) bond motifs is 5. The minimum Gasteiger partial charge on any atom is -0.456 e. The molecule has 51 heavy (non-hydrogen) atoms. The van der Waals surface area contributed by atoms with Crippen LogP contribution in [0, 0.1) is 0 Å². The van der Waals surface area contributed by atoms with Gasteiger partial charge >= 0.3 is 0 Å². The lowest BCUT2D eigenvalue weighted by Crippen LogP contribution is -2.33. The number of rotatable bonds is 5. The first-order valence-electron chi connectivity index (χ1n) is 17.6. The summed E-state index contributed by atoms with van der Waals surface area (Å²) in [7, 11) is 0. The average molecular weight is 656 g/mol. The molecule has 1 aliphatic carbocycles. The molecule has 4 heteroatoms. The zero-order chi connectivity index (χ0) is 33.7. The van der Waals surface area contributed by atoms with Gasteiger partial charge in [0.2, 0.25) is 0 Å². The van der Waals surface area contributed by atoms with E-state index in [0.29, 0.717) is 5.84 Å². The average Bonchev–Trinajstić information content (AvgIpc) is 3.59. The Bertz CT molecular complexity index is 2770. The first kappa shape index (κ1) is 29.4. The van der Waals surface area contributed by atoms with Crippen molar-refractivity contribution in [2.45, 2.75) is 19.0 Å². The summed E-state index contributed by atoms with van der Waals surface area (Å²) < 4.78 is 6.57. The molecule has 242 valence electrons. The van der Waals surface area contributed by atoms with Gasteiger partial charge in [0, 0.05) is 21.9 Å². The highest BCUT2D eigenvalue weighted by atomic mass is 16.3. The van der Waals surface area contributed by atoms with E-state index in [-0.39, 0.29) is 6.17 Å². The maximum Gasteiger partial charge on any atom is 0.160 e. The smallest absolute Gasteiger partial charge is 0.160 e. The second-order valence-electron chi connectivity index (χ2n) is 13.3. The normalized spacial score (nSPS) is 15.9. The lowest BCUT2D eigenvalue weighted by atomic mass is 9.94. The standard InChI is InChI=1S/C47H33N3O/c1-2-11-30(12-3-1)32-21-24-34(25-22-32)45-48-46(36-26-23-31-13-4-5-15-35(31)27-36)50-47(49-45)41-28-37(39-19-10-16-33-14-6-7-17-38(33)39)29-43-44(41)40-18-8-9-20-42(40)51-43/h2,4-29,45H,1,3H2,(H,48,49,50). The molecule has 4 nitrogen and oxygen atoms in total. The molecule has 2 aliphatic rings. The van der Waals surface area contributed by atoms with E-state index < -0.39 is 0 Å². The number of allylic oxidation sites excluding steroid dienone is 4. The molecule has 0 saturated heterocycles. The van der Waals surface area contributed by atoms with E-state index in [1.807, 2.05) is 12.1 Å². The summed E-state index contributed by atoms with van der Waals surface area (Å²) in [5, 5.41) is 10.5. The van der Waals surface area contributed by atoms with Crippen LogP contribution in [-0.4, -0.2) is 11.7 Å². The number of hydrogen-bond acceptors (Lipinski definition) is 4. The fourth-order valence-corrected chi connectivity index (χ4v) is 7.57. The summed E-state index contributed by atoms with van der Waals surface area (Å²) >= 11 is 0.